The fraction of sp³-hybridized carbons (Fsp3) is 0.440. The van der Waals surface area contributed by atoms with Gasteiger partial charge in [0.05, 0.1) is 17.5 Å². The van der Waals surface area contributed by atoms with Gasteiger partial charge < -0.3 is 10.2 Å². The Hall–Kier alpha value is -2.50. The number of halogens is 5. The average molecular weight is 596 g/mol. The lowest BCUT2D eigenvalue weighted by Gasteiger charge is -2.30. The van der Waals surface area contributed by atoms with Gasteiger partial charge in [0.2, 0.25) is 21.8 Å². The Morgan fingerprint density at radius 2 is 1.68 bits per heavy atom. The zero-order chi connectivity index (χ0) is 28.7. The molecule has 0 heterocycles. The molecule has 2 aromatic rings. The zero-order valence-electron chi connectivity index (χ0n) is 21.2. The van der Waals surface area contributed by atoms with Crippen LogP contribution in [0.2, 0.25) is 10.0 Å². The van der Waals surface area contributed by atoms with Crippen molar-refractivity contribution >= 4 is 50.7 Å². The summed E-state index contributed by atoms with van der Waals surface area (Å²) in [6.45, 7) is 3.54. The fourth-order valence-electron chi connectivity index (χ4n) is 3.67. The second kappa shape index (κ2) is 13.5. The van der Waals surface area contributed by atoms with Crippen molar-refractivity contribution in [3.8, 4) is 0 Å². The molecule has 210 valence electrons. The summed E-state index contributed by atoms with van der Waals surface area (Å²) in [7, 11) is -3.96. The van der Waals surface area contributed by atoms with Gasteiger partial charge in [-0.3, -0.25) is 13.9 Å². The summed E-state index contributed by atoms with van der Waals surface area (Å²) in [6.07, 6.45) is -3.28. The van der Waals surface area contributed by atoms with E-state index in [9.17, 15) is 31.2 Å². The Labute approximate surface area is 230 Å². The molecule has 0 bridgehead atoms. The van der Waals surface area contributed by atoms with Crippen LogP contribution < -0.4 is 9.62 Å². The summed E-state index contributed by atoms with van der Waals surface area (Å²) in [5, 5.41) is 3.36. The second-order valence-electron chi connectivity index (χ2n) is 8.68. The van der Waals surface area contributed by atoms with Gasteiger partial charge in [0.25, 0.3) is 0 Å². The summed E-state index contributed by atoms with van der Waals surface area (Å²) in [6, 6.07) is 7.92. The Kier molecular flexibility index (Phi) is 11.3. The first-order valence-corrected chi connectivity index (χ1v) is 14.4. The number of hydrogen-bond donors (Lipinski definition) is 1. The molecule has 0 aliphatic heterocycles. The molecular weight excluding hydrogens is 566 g/mol. The first kappa shape index (κ1) is 31.7. The third-order valence-corrected chi connectivity index (χ3v) is 7.62. The van der Waals surface area contributed by atoms with Gasteiger partial charge in [-0.15, -0.1) is 0 Å². The number of carbonyl (C=O) groups is 2. The highest BCUT2D eigenvalue weighted by molar-refractivity contribution is 7.92. The van der Waals surface area contributed by atoms with Crippen LogP contribution in [-0.4, -0.2) is 50.5 Å². The van der Waals surface area contributed by atoms with E-state index in [4.69, 9.17) is 23.2 Å². The molecule has 0 aromatic heterocycles. The Bertz CT molecular complexity index is 1220. The summed E-state index contributed by atoms with van der Waals surface area (Å²) in [5.41, 5.74) is -0.711. The molecule has 2 aromatic carbocycles. The van der Waals surface area contributed by atoms with Crippen LogP contribution in [0, 0.1) is 0 Å². The van der Waals surface area contributed by atoms with Crippen LogP contribution in [0.1, 0.15) is 44.2 Å². The first-order valence-electron chi connectivity index (χ1n) is 11.8. The van der Waals surface area contributed by atoms with Crippen LogP contribution in [0.25, 0.3) is 0 Å². The van der Waals surface area contributed by atoms with E-state index < -0.39 is 33.7 Å². The molecule has 2 amide bonds. The Balaban J connectivity index is 2.25. The normalized spacial score (nSPS) is 12.6. The molecule has 1 atom stereocenters. The lowest BCUT2D eigenvalue weighted by Crippen LogP contribution is -2.48. The highest BCUT2D eigenvalue weighted by Gasteiger charge is 2.32. The number of carbonyl (C=O) groups excluding carboxylic acids is 2. The summed E-state index contributed by atoms with van der Waals surface area (Å²) in [5.74, 6) is -0.859. The van der Waals surface area contributed by atoms with Gasteiger partial charge in [-0.05, 0) is 50.1 Å². The van der Waals surface area contributed by atoms with E-state index in [2.05, 4.69) is 5.32 Å². The lowest BCUT2D eigenvalue weighted by molar-refractivity contribution is -0.140. The minimum atomic E-state index is -4.65. The quantitative estimate of drug-likeness (QED) is 0.351. The van der Waals surface area contributed by atoms with Gasteiger partial charge in [0, 0.05) is 41.7 Å². The molecule has 1 unspecified atom stereocenters. The molecule has 0 saturated heterocycles. The molecule has 0 aliphatic carbocycles. The predicted octanol–water partition coefficient (Wildman–Crippen LogP) is 5.50. The van der Waals surface area contributed by atoms with Crippen LogP contribution in [0.3, 0.4) is 0 Å². The van der Waals surface area contributed by atoms with Gasteiger partial charge in [0.15, 0.2) is 0 Å². The van der Waals surface area contributed by atoms with Crippen LogP contribution >= 0.6 is 23.2 Å². The number of benzene rings is 2. The van der Waals surface area contributed by atoms with Gasteiger partial charge in [-0.2, -0.15) is 13.2 Å². The van der Waals surface area contributed by atoms with Gasteiger partial charge in [-0.1, -0.05) is 42.3 Å². The van der Waals surface area contributed by atoms with Crippen molar-refractivity contribution in [1.29, 1.82) is 0 Å². The second-order valence-corrected chi connectivity index (χ2v) is 11.4. The zero-order valence-corrected chi connectivity index (χ0v) is 23.5. The van der Waals surface area contributed by atoms with E-state index >= 15 is 0 Å². The standard InChI is InChI=1S/C25H30Cl2F3N3O4S/c1-4-13-31-24(35)17(2)32(16-20-21(26)10-6-11-22(20)27)23(34)12-7-14-33(38(3,36)37)19-9-5-8-18(15-19)25(28,29)30/h5-6,8-11,15,17H,4,7,12-14,16H2,1-3H3,(H,31,35). The monoisotopic (exact) mass is 595 g/mol. The average Bonchev–Trinajstić information content (AvgIpc) is 2.83. The maximum absolute atomic E-state index is 13.3. The molecule has 0 fully saturated rings. The molecular formula is C25H30Cl2F3N3O4S. The van der Waals surface area contributed by atoms with Crippen molar-refractivity contribution in [2.75, 3.05) is 23.7 Å². The lowest BCUT2D eigenvalue weighted by atomic mass is 10.1. The molecule has 0 spiro atoms. The first-order chi connectivity index (χ1) is 17.7. The smallest absolute Gasteiger partial charge is 0.354 e. The fourth-order valence-corrected chi connectivity index (χ4v) is 5.15. The van der Waals surface area contributed by atoms with Crippen LogP contribution in [0.15, 0.2) is 42.5 Å². The van der Waals surface area contributed by atoms with E-state index in [1.165, 1.54) is 11.0 Å². The van der Waals surface area contributed by atoms with Gasteiger partial charge >= 0.3 is 6.18 Å². The molecule has 7 nitrogen and oxygen atoms in total. The van der Waals surface area contributed by atoms with Crippen molar-refractivity contribution in [3.05, 3.63) is 63.6 Å². The third kappa shape index (κ3) is 8.78. The van der Waals surface area contributed by atoms with Crippen LogP contribution in [0.4, 0.5) is 18.9 Å². The molecule has 0 aliphatic rings. The molecule has 1 N–H and O–H groups in total. The van der Waals surface area contributed by atoms with E-state index in [0.717, 1.165) is 28.8 Å². The number of anilines is 1. The minimum Gasteiger partial charge on any atom is -0.354 e. The van der Waals surface area contributed by atoms with E-state index in [0.29, 0.717) is 28.6 Å². The number of nitrogens with zero attached hydrogens (tertiary/aromatic N) is 2. The molecule has 38 heavy (non-hydrogen) atoms. The van der Waals surface area contributed by atoms with Crippen molar-refractivity contribution < 1.29 is 31.2 Å². The third-order valence-electron chi connectivity index (χ3n) is 5.72. The Morgan fingerprint density at radius 1 is 1.08 bits per heavy atom. The largest absolute Gasteiger partial charge is 0.416 e. The number of rotatable bonds is 12. The highest BCUT2D eigenvalue weighted by atomic mass is 35.5. The van der Waals surface area contributed by atoms with Gasteiger partial charge in [0.1, 0.15) is 6.04 Å². The molecule has 0 radical (unpaired) electrons. The molecule has 13 heteroatoms. The highest BCUT2D eigenvalue weighted by Crippen LogP contribution is 2.32. The predicted molar refractivity (Wildman–Crippen MR) is 143 cm³/mol. The van der Waals surface area contributed by atoms with Gasteiger partial charge in [-0.25, -0.2) is 8.42 Å². The van der Waals surface area contributed by atoms with Crippen molar-refractivity contribution in [1.82, 2.24) is 10.2 Å². The van der Waals surface area contributed by atoms with E-state index in [-0.39, 0.29) is 37.5 Å². The summed E-state index contributed by atoms with van der Waals surface area (Å²) in [4.78, 5) is 27.3. The minimum absolute atomic E-state index is 0.0157. The SMILES string of the molecule is CCCNC(=O)C(C)N(Cc1c(Cl)cccc1Cl)C(=O)CCCN(c1cccc(C(F)(F)F)c1)S(C)(=O)=O. The van der Waals surface area contributed by atoms with E-state index in [1.807, 2.05) is 6.92 Å². The number of hydrogen-bond acceptors (Lipinski definition) is 4. The van der Waals surface area contributed by atoms with Crippen molar-refractivity contribution in [2.24, 2.45) is 0 Å². The molecule has 2 rings (SSSR count). The van der Waals surface area contributed by atoms with Crippen molar-refractivity contribution in [2.45, 2.75) is 51.9 Å². The van der Waals surface area contributed by atoms with E-state index in [1.54, 1.807) is 25.1 Å². The topological polar surface area (TPSA) is 86.8 Å². The number of sulfonamides is 1. The maximum Gasteiger partial charge on any atom is 0.416 e. The Morgan fingerprint density at radius 3 is 2.24 bits per heavy atom. The number of amides is 2. The summed E-state index contributed by atoms with van der Waals surface area (Å²) < 4.78 is 65.1. The maximum atomic E-state index is 13.3. The van der Waals surface area contributed by atoms with Crippen LogP contribution in [-0.2, 0) is 32.3 Å². The van der Waals surface area contributed by atoms with Crippen LogP contribution in [0.5, 0.6) is 0 Å². The number of alkyl halides is 3. The number of nitrogens with one attached hydrogen (secondary N) is 1. The molecule has 0 saturated carbocycles. The van der Waals surface area contributed by atoms with Crippen molar-refractivity contribution in [3.63, 3.8) is 0 Å². The summed E-state index contributed by atoms with van der Waals surface area (Å²) >= 11 is 12.6.